The third-order valence-electron chi connectivity index (χ3n) is 3.26. The summed E-state index contributed by atoms with van der Waals surface area (Å²) >= 11 is 0. The van der Waals surface area contributed by atoms with Crippen molar-refractivity contribution in [3.05, 3.63) is 34.9 Å². The van der Waals surface area contributed by atoms with Crippen LogP contribution in [0.2, 0.25) is 0 Å². The van der Waals surface area contributed by atoms with E-state index in [1.54, 1.807) is 0 Å². The fraction of sp³-hybridized carbons (Fsp3) is 0.500. The fourth-order valence-corrected chi connectivity index (χ4v) is 2.40. The van der Waals surface area contributed by atoms with Crippen molar-refractivity contribution in [2.45, 2.75) is 44.9 Å². The second-order valence-electron chi connectivity index (χ2n) is 4.35. The van der Waals surface area contributed by atoms with Gasteiger partial charge in [0.25, 0.3) is 0 Å². The van der Waals surface area contributed by atoms with Gasteiger partial charge in [0.15, 0.2) is 0 Å². The Hall–Kier alpha value is -1.29. The van der Waals surface area contributed by atoms with Crippen LogP contribution in [0.1, 0.15) is 48.8 Å². The molecule has 0 saturated heterocycles. The number of rotatable bonds is 3. The molecule has 1 unspecified atom stereocenters. The highest BCUT2D eigenvalue weighted by Gasteiger charge is 2.14. The Morgan fingerprint density at radius 2 is 2.13 bits per heavy atom. The van der Waals surface area contributed by atoms with Gasteiger partial charge in [-0.05, 0) is 42.4 Å². The predicted molar refractivity (Wildman–Crippen MR) is 61.7 cm³/mol. The van der Waals surface area contributed by atoms with Gasteiger partial charge in [-0.2, -0.15) is 5.26 Å². The Kier molecular flexibility index (Phi) is 3.06. The average molecular weight is 199 g/mol. The summed E-state index contributed by atoms with van der Waals surface area (Å²) in [6.07, 6.45) is 5.77. The molecule has 1 aromatic rings. The number of fused-ring (bicyclic) bond motifs is 1. The van der Waals surface area contributed by atoms with E-state index in [1.165, 1.54) is 36.0 Å². The van der Waals surface area contributed by atoms with Crippen LogP contribution in [-0.2, 0) is 12.8 Å². The van der Waals surface area contributed by atoms with Crippen LogP contribution >= 0.6 is 0 Å². The molecule has 0 spiro atoms. The molecule has 0 aliphatic heterocycles. The summed E-state index contributed by atoms with van der Waals surface area (Å²) in [6.45, 7) is 2.14. The van der Waals surface area contributed by atoms with Crippen molar-refractivity contribution in [2.24, 2.45) is 0 Å². The third kappa shape index (κ3) is 2.04. The van der Waals surface area contributed by atoms with Crippen molar-refractivity contribution in [1.82, 2.24) is 0 Å². The molecule has 0 aromatic heterocycles. The zero-order valence-electron chi connectivity index (χ0n) is 9.29. The molecule has 0 fully saturated rings. The molecular formula is C14H17N. The van der Waals surface area contributed by atoms with E-state index < -0.39 is 0 Å². The van der Waals surface area contributed by atoms with Gasteiger partial charge in [-0.1, -0.05) is 31.5 Å². The van der Waals surface area contributed by atoms with E-state index in [4.69, 9.17) is 5.26 Å². The summed E-state index contributed by atoms with van der Waals surface area (Å²) in [7, 11) is 0. The zero-order valence-corrected chi connectivity index (χ0v) is 9.29. The molecular weight excluding hydrogens is 182 g/mol. The molecule has 0 heterocycles. The second kappa shape index (κ2) is 4.49. The fourth-order valence-electron chi connectivity index (χ4n) is 2.40. The molecule has 0 radical (unpaired) electrons. The van der Waals surface area contributed by atoms with Gasteiger partial charge in [-0.15, -0.1) is 0 Å². The normalized spacial score (nSPS) is 15.7. The van der Waals surface area contributed by atoms with Crippen molar-refractivity contribution in [3.8, 4) is 6.07 Å². The van der Waals surface area contributed by atoms with Crippen LogP contribution in [-0.4, -0.2) is 0 Å². The first-order valence-corrected chi connectivity index (χ1v) is 5.86. The summed E-state index contributed by atoms with van der Waals surface area (Å²) in [5.41, 5.74) is 4.19. The van der Waals surface area contributed by atoms with E-state index in [0.717, 1.165) is 12.8 Å². The van der Waals surface area contributed by atoms with Crippen molar-refractivity contribution in [3.63, 3.8) is 0 Å². The average Bonchev–Trinajstić information content (AvgIpc) is 2.72. The first kappa shape index (κ1) is 10.2. The van der Waals surface area contributed by atoms with Gasteiger partial charge in [0.05, 0.1) is 12.0 Å². The molecule has 0 amide bonds. The van der Waals surface area contributed by atoms with Crippen LogP contribution < -0.4 is 0 Å². The predicted octanol–water partition coefficient (Wildman–Crippen LogP) is 3.58. The van der Waals surface area contributed by atoms with Crippen LogP contribution in [0.25, 0.3) is 0 Å². The molecule has 0 saturated carbocycles. The number of aryl methyl sites for hydroxylation is 2. The van der Waals surface area contributed by atoms with E-state index >= 15 is 0 Å². The minimum Gasteiger partial charge on any atom is -0.198 e. The summed E-state index contributed by atoms with van der Waals surface area (Å²) in [5.74, 6) is 0.0981. The summed E-state index contributed by atoms with van der Waals surface area (Å²) in [6, 6.07) is 9.03. The molecule has 2 rings (SSSR count). The maximum absolute atomic E-state index is 9.11. The molecule has 1 nitrogen and oxygen atoms in total. The number of nitriles is 1. The SMILES string of the molecule is CCCC(C#N)c1ccc2c(c1)CCC2. The minimum atomic E-state index is 0.0981. The first-order valence-electron chi connectivity index (χ1n) is 5.86. The maximum Gasteiger partial charge on any atom is 0.0712 e. The van der Waals surface area contributed by atoms with Gasteiger partial charge in [-0.3, -0.25) is 0 Å². The molecule has 0 bridgehead atoms. The quantitative estimate of drug-likeness (QED) is 0.730. The van der Waals surface area contributed by atoms with Crippen LogP contribution in [0, 0.1) is 11.3 Å². The number of hydrogen-bond acceptors (Lipinski definition) is 1. The number of hydrogen-bond donors (Lipinski definition) is 0. The molecule has 78 valence electrons. The monoisotopic (exact) mass is 199 g/mol. The Bertz CT molecular complexity index is 387. The van der Waals surface area contributed by atoms with E-state index in [9.17, 15) is 0 Å². The molecule has 1 aromatic carbocycles. The molecule has 1 aliphatic carbocycles. The standard InChI is InChI=1S/C14H17N/c1-2-4-14(10-15)13-8-7-11-5-3-6-12(11)9-13/h7-9,14H,2-6H2,1H3. The Morgan fingerprint density at radius 1 is 1.33 bits per heavy atom. The topological polar surface area (TPSA) is 23.8 Å². The van der Waals surface area contributed by atoms with E-state index in [-0.39, 0.29) is 5.92 Å². The van der Waals surface area contributed by atoms with Gasteiger partial charge < -0.3 is 0 Å². The smallest absolute Gasteiger partial charge is 0.0712 e. The van der Waals surface area contributed by atoms with Crippen molar-refractivity contribution in [2.75, 3.05) is 0 Å². The summed E-state index contributed by atoms with van der Waals surface area (Å²) in [5, 5.41) is 9.11. The Labute approximate surface area is 91.7 Å². The lowest BCUT2D eigenvalue weighted by molar-refractivity contribution is 0.726. The lowest BCUT2D eigenvalue weighted by Gasteiger charge is -2.09. The van der Waals surface area contributed by atoms with Gasteiger partial charge in [-0.25, -0.2) is 0 Å². The largest absolute Gasteiger partial charge is 0.198 e. The second-order valence-corrected chi connectivity index (χ2v) is 4.35. The lowest BCUT2D eigenvalue weighted by Crippen LogP contribution is -1.96. The lowest BCUT2D eigenvalue weighted by atomic mass is 9.93. The summed E-state index contributed by atoms with van der Waals surface area (Å²) in [4.78, 5) is 0. The van der Waals surface area contributed by atoms with Crippen LogP contribution in [0.15, 0.2) is 18.2 Å². The van der Waals surface area contributed by atoms with E-state index in [1.807, 2.05) is 0 Å². The maximum atomic E-state index is 9.11. The number of benzene rings is 1. The molecule has 1 heteroatoms. The molecule has 1 aliphatic rings. The summed E-state index contributed by atoms with van der Waals surface area (Å²) < 4.78 is 0. The van der Waals surface area contributed by atoms with Gasteiger partial charge in [0.1, 0.15) is 0 Å². The Balaban J connectivity index is 2.25. The minimum absolute atomic E-state index is 0.0981. The van der Waals surface area contributed by atoms with Crippen molar-refractivity contribution < 1.29 is 0 Å². The highest BCUT2D eigenvalue weighted by atomic mass is 14.3. The highest BCUT2D eigenvalue weighted by Crippen LogP contribution is 2.27. The van der Waals surface area contributed by atoms with Crippen LogP contribution in [0.4, 0.5) is 0 Å². The molecule has 1 atom stereocenters. The number of nitrogens with zero attached hydrogens (tertiary/aromatic N) is 1. The zero-order chi connectivity index (χ0) is 10.7. The van der Waals surface area contributed by atoms with E-state index in [0.29, 0.717) is 0 Å². The van der Waals surface area contributed by atoms with E-state index in [2.05, 4.69) is 31.2 Å². The van der Waals surface area contributed by atoms with Crippen LogP contribution in [0.3, 0.4) is 0 Å². The first-order chi connectivity index (χ1) is 7.35. The molecule has 15 heavy (non-hydrogen) atoms. The highest BCUT2D eigenvalue weighted by molar-refractivity contribution is 5.38. The van der Waals surface area contributed by atoms with Crippen molar-refractivity contribution >= 4 is 0 Å². The van der Waals surface area contributed by atoms with Gasteiger partial charge in [0, 0.05) is 0 Å². The van der Waals surface area contributed by atoms with Gasteiger partial charge in [0.2, 0.25) is 0 Å². The third-order valence-corrected chi connectivity index (χ3v) is 3.26. The molecule has 0 N–H and O–H groups in total. The van der Waals surface area contributed by atoms with Crippen molar-refractivity contribution in [1.29, 1.82) is 5.26 Å². The van der Waals surface area contributed by atoms with Gasteiger partial charge >= 0.3 is 0 Å². The van der Waals surface area contributed by atoms with Crippen LogP contribution in [0.5, 0.6) is 0 Å². The Morgan fingerprint density at radius 3 is 2.87 bits per heavy atom.